The van der Waals surface area contributed by atoms with Gasteiger partial charge in [0.15, 0.2) is 16.7 Å². The molecule has 45 heavy (non-hydrogen) atoms. The van der Waals surface area contributed by atoms with E-state index >= 15 is 0 Å². The second-order valence-corrected chi connectivity index (χ2v) is 10.3. The third kappa shape index (κ3) is 8.98. The van der Waals surface area contributed by atoms with Gasteiger partial charge < -0.3 is 23.6 Å². The molecule has 0 aliphatic heterocycles. The molecule has 0 spiro atoms. The normalized spacial score (nSPS) is 12.3. The van der Waals surface area contributed by atoms with Gasteiger partial charge in [-0.25, -0.2) is 19.7 Å². The van der Waals surface area contributed by atoms with E-state index in [1.807, 2.05) is 55.5 Å². The molecule has 238 valence electrons. The summed E-state index contributed by atoms with van der Waals surface area (Å²) in [5.41, 5.74) is 3.62. The van der Waals surface area contributed by atoms with Crippen molar-refractivity contribution in [2.45, 2.75) is 65.4 Å². The lowest BCUT2D eigenvalue weighted by molar-refractivity contribution is -0.767. The number of ether oxygens (including phenoxy) is 3. The molecule has 4 rings (SSSR count). The van der Waals surface area contributed by atoms with Crippen molar-refractivity contribution >= 4 is 23.7 Å². The Bertz CT molecular complexity index is 1590. The molecule has 16 heteroatoms. The van der Waals surface area contributed by atoms with Crippen molar-refractivity contribution in [3.63, 3.8) is 0 Å². The van der Waals surface area contributed by atoms with E-state index in [1.165, 1.54) is 13.8 Å². The van der Waals surface area contributed by atoms with E-state index in [0.29, 0.717) is 18.1 Å². The van der Waals surface area contributed by atoms with Gasteiger partial charge in [0, 0.05) is 31.9 Å². The number of benzene rings is 2. The Labute approximate surface area is 262 Å². The number of aromatic nitrogens is 6. The molecule has 0 aliphatic rings. The Morgan fingerprint density at radius 3 is 2.49 bits per heavy atom. The summed E-state index contributed by atoms with van der Waals surface area (Å²) in [4.78, 5) is 44.4. The van der Waals surface area contributed by atoms with Gasteiger partial charge in [-0.05, 0) is 40.5 Å². The highest BCUT2D eigenvalue weighted by atomic mass is 35.5. The highest BCUT2D eigenvalue weighted by molar-refractivity contribution is 6.32. The summed E-state index contributed by atoms with van der Waals surface area (Å²) in [7, 11) is 0. The first kappa shape index (κ1) is 32.9. The highest BCUT2D eigenvalue weighted by Crippen LogP contribution is 2.30. The van der Waals surface area contributed by atoms with Gasteiger partial charge in [-0.15, -0.1) is 15.2 Å². The number of hydrogen-bond acceptors (Lipinski definition) is 12. The van der Waals surface area contributed by atoms with Crippen LogP contribution in [0.25, 0.3) is 22.5 Å². The van der Waals surface area contributed by atoms with E-state index in [4.69, 9.17) is 25.8 Å². The smallest absolute Gasteiger partial charge is 0.434 e. The van der Waals surface area contributed by atoms with Gasteiger partial charge in [-0.3, -0.25) is 0 Å². The lowest BCUT2D eigenvalue weighted by atomic mass is 9.98. The van der Waals surface area contributed by atoms with Gasteiger partial charge in [0.25, 0.3) is 5.09 Å². The van der Waals surface area contributed by atoms with Gasteiger partial charge in [-0.1, -0.05) is 73.5 Å². The average molecular weight is 642 g/mol. The van der Waals surface area contributed by atoms with Crippen LogP contribution in [-0.4, -0.2) is 66.4 Å². The van der Waals surface area contributed by atoms with E-state index in [2.05, 4.69) is 30.4 Å². The van der Waals surface area contributed by atoms with Crippen LogP contribution >= 0.6 is 11.6 Å². The van der Waals surface area contributed by atoms with Crippen LogP contribution < -0.4 is 0 Å². The number of unbranched alkanes of at least 4 members (excludes halogenated alkanes) is 1. The summed E-state index contributed by atoms with van der Waals surface area (Å²) in [6.07, 6.45) is -0.851. The van der Waals surface area contributed by atoms with E-state index in [9.17, 15) is 19.7 Å². The second kappa shape index (κ2) is 15.6. The monoisotopic (exact) mass is 641 g/mol. The van der Waals surface area contributed by atoms with Crippen LogP contribution in [0.3, 0.4) is 0 Å². The topological polar surface area (TPSA) is 186 Å². The molecule has 0 bridgehead atoms. The summed E-state index contributed by atoms with van der Waals surface area (Å²) in [6.45, 7) is 4.92. The van der Waals surface area contributed by atoms with Crippen LogP contribution in [0.15, 0.2) is 48.5 Å². The lowest BCUT2D eigenvalue weighted by Gasteiger charge is -2.16. The average Bonchev–Trinajstić information content (AvgIpc) is 3.64. The Morgan fingerprint density at radius 2 is 1.82 bits per heavy atom. The molecular weight excluding hydrogens is 610 g/mol. The van der Waals surface area contributed by atoms with Crippen molar-refractivity contribution in [2.24, 2.45) is 0 Å². The molecule has 4 aromatic rings. The fraction of sp³-hybridized carbons (Fsp3) is 0.379. The summed E-state index contributed by atoms with van der Waals surface area (Å²) in [6, 6.07) is 15.6. The quantitative estimate of drug-likeness (QED) is 0.0753. The van der Waals surface area contributed by atoms with Crippen molar-refractivity contribution < 1.29 is 33.7 Å². The number of halogens is 1. The number of aryl methyl sites for hydroxylation is 1. The first-order chi connectivity index (χ1) is 21.7. The number of carbonyl (C=O) groups excluding carboxylic acids is 2. The molecule has 0 aliphatic carbocycles. The number of imidazole rings is 1. The second-order valence-electron chi connectivity index (χ2n) is 9.97. The molecular formula is C29H32ClN7O8. The number of H-pyrrole nitrogens is 1. The third-order valence-electron chi connectivity index (χ3n) is 6.63. The number of hydrogen-bond donors (Lipinski definition) is 1. The van der Waals surface area contributed by atoms with E-state index < -0.39 is 29.6 Å². The first-order valence-corrected chi connectivity index (χ1v) is 14.6. The van der Waals surface area contributed by atoms with E-state index in [-0.39, 0.29) is 30.4 Å². The number of esters is 1. The van der Waals surface area contributed by atoms with Crippen LogP contribution in [0.2, 0.25) is 5.15 Å². The minimum absolute atomic E-state index is 0.0181. The lowest BCUT2D eigenvalue weighted by Crippen LogP contribution is -2.25. The fourth-order valence-corrected chi connectivity index (χ4v) is 4.73. The van der Waals surface area contributed by atoms with Crippen LogP contribution in [0.1, 0.15) is 61.9 Å². The van der Waals surface area contributed by atoms with E-state index in [1.54, 1.807) is 4.57 Å². The van der Waals surface area contributed by atoms with Crippen LogP contribution in [0.4, 0.5) is 4.79 Å². The Balaban J connectivity index is 1.46. The zero-order valence-corrected chi connectivity index (χ0v) is 25.6. The number of rotatable bonds is 15. The Morgan fingerprint density at radius 1 is 1.09 bits per heavy atom. The number of aromatic amines is 1. The molecule has 0 saturated carbocycles. The fourth-order valence-electron chi connectivity index (χ4n) is 4.45. The van der Waals surface area contributed by atoms with Crippen LogP contribution in [-0.2, 0) is 32.0 Å². The minimum atomic E-state index is -1.32. The molecule has 0 saturated heterocycles. The van der Waals surface area contributed by atoms with Gasteiger partial charge in [0.05, 0.1) is 6.61 Å². The van der Waals surface area contributed by atoms with Crippen molar-refractivity contribution in [1.29, 1.82) is 0 Å². The molecule has 0 radical (unpaired) electrons. The van der Waals surface area contributed by atoms with E-state index in [0.717, 1.165) is 35.1 Å². The zero-order valence-electron chi connectivity index (χ0n) is 24.8. The number of carbonyl (C=O) groups is 2. The van der Waals surface area contributed by atoms with Gasteiger partial charge >= 0.3 is 12.1 Å². The Kier molecular flexibility index (Phi) is 11.4. The molecule has 1 N–H and O–H groups in total. The summed E-state index contributed by atoms with van der Waals surface area (Å²) >= 11 is 6.44. The molecule has 0 amide bonds. The molecule has 1 unspecified atom stereocenters. The Hall–Kier alpha value is -5.05. The maximum absolute atomic E-state index is 13.3. The summed E-state index contributed by atoms with van der Waals surface area (Å²) in [5.74, 6) is 0.324. The third-order valence-corrected chi connectivity index (χ3v) is 6.89. The van der Waals surface area contributed by atoms with Gasteiger partial charge in [0.1, 0.15) is 11.9 Å². The predicted molar refractivity (Wildman–Crippen MR) is 159 cm³/mol. The number of nitrogens with zero attached hydrogens (tertiary/aromatic N) is 6. The van der Waals surface area contributed by atoms with Crippen molar-refractivity contribution in [3.05, 3.63) is 80.9 Å². The molecule has 2 aromatic carbocycles. The number of tetrazole rings is 1. The molecule has 2 aromatic heterocycles. The zero-order chi connectivity index (χ0) is 32.3. The maximum Gasteiger partial charge on any atom is 0.511 e. The molecule has 2 heterocycles. The maximum atomic E-state index is 13.3. The molecule has 0 fully saturated rings. The summed E-state index contributed by atoms with van der Waals surface area (Å²) in [5, 5.41) is 23.6. The van der Waals surface area contributed by atoms with Gasteiger partial charge in [-0.2, -0.15) is 0 Å². The van der Waals surface area contributed by atoms with Crippen molar-refractivity contribution in [1.82, 2.24) is 30.2 Å². The van der Waals surface area contributed by atoms with Crippen LogP contribution in [0, 0.1) is 10.1 Å². The van der Waals surface area contributed by atoms with Gasteiger partial charge in [0.2, 0.25) is 6.29 Å². The first-order valence-electron chi connectivity index (χ1n) is 14.2. The van der Waals surface area contributed by atoms with Crippen molar-refractivity contribution in [2.75, 3.05) is 6.61 Å². The largest absolute Gasteiger partial charge is 0.511 e. The number of nitrogens with one attached hydrogen (secondary N) is 1. The minimum Gasteiger partial charge on any atom is -0.434 e. The molecule has 15 nitrogen and oxygen atoms in total. The van der Waals surface area contributed by atoms with Crippen molar-refractivity contribution in [3.8, 4) is 22.5 Å². The van der Waals surface area contributed by atoms with Crippen LogP contribution in [0.5, 0.6) is 0 Å². The highest BCUT2D eigenvalue weighted by Gasteiger charge is 2.26. The predicted octanol–water partition coefficient (Wildman–Crippen LogP) is 5.42. The standard InChI is InChI=1S/C29H32ClN7O8/c1-4-5-10-24-31-26(30)25(28(38)43-19(3)44-29(39)42-16-15-18(2)45-37(40)41)36(24)17-20-11-13-21(14-12-20)22-8-6-7-9-23(22)27-32-34-35-33-27/h6-9,11-14,18-19H,4-5,10,15-17H2,1-3H3,(H,32,33,34,35)/t18-,19?/m1/s1. The molecule has 2 atom stereocenters. The SMILES string of the molecule is CCCCc1nc(Cl)c(C(=O)OC(C)OC(=O)OCC[C@@H](C)O[N+](=O)[O-])n1Cc1ccc(-c2ccccc2-c2nnn[nH]2)cc1. The summed E-state index contributed by atoms with van der Waals surface area (Å²) < 4.78 is 16.9.